The summed E-state index contributed by atoms with van der Waals surface area (Å²) < 4.78 is 53.2. The molecule has 0 bridgehead atoms. The summed E-state index contributed by atoms with van der Waals surface area (Å²) in [6.45, 7) is -1.50. The second-order valence-electron chi connectivity index (χ2n) is 3.62. The molecule has 0 saturated heterocycles. The van der Waals surface area contributed by atoms with E-state index in [0.29, 0.717) is 11.1 Å². The number of ether oxygens (including phenoxy) is 1. The summed E-state index contributed by atoms with van der Waals surface area (Å²) in [4.78, 5) is 0.215. The normalized spacial score (nSPS) is 11.8. The van der Waals surface area contributed by atoms with Crippen molar-refractivity contribution in [3.8, 4) is 0 Å². The maximum absolute atomic E-state index is 12.5. The molecule has 0 heterocycles. The van der Waals surface area contributed by atoms with Crippen LogP contribution < -0.4 is 5.73 Å². The molecule has 2 N–H and O–H groups in total. The molecule has 1 aromatic carbocycles. The van der Waals surface area contributed by atoms with Crippen LogP contribution in [0.25, 0.3) is 0 Å². The van der Waals surface area contributed by atoms with E-state index in [-0.39, 0.29) is 11.6 Å². The van der Waals surface area contributed by atoms with Gasteiger partial charge in [0.25, 0.3) is 0 Å². The van der Waals surface area contributed by atoms with Crippen molar-refractivity contribution in [2.75, 3.05) is 6.61 Å². The molecule has 0 aliphatic heterocycles. The largest absolute Gasteiger partial charge is 0.389 e. The maximum atomic E-state index is 12.5. The molecule has 1 rings (SSSR count). The molecule has 100 valence electrons. The summed E-state index contributed by atoms with van der Waals surface area (Å²) >= 11 is 4.73. The van der Waals surface area contributed by atoms with E-state index in [1.54, 1.807) is 24.3 Å². The number of thiocarbonyl (C=S) groups is 1. The predicted molar refractivity (Wildman–Crippen MR) is 62.9 cm³/mol. The van der Waals surface area contributed by atoms with Gasteiger partial charge in [-0.15, -0.1) is 0 Å². The zero-order valence-electron chi connectivity index (χ0n) is 9.21. The van der Waals surface area contributed by atoms with Gasteiger partial charge in [-0.25, -0.2) is 8.78 Å². The molecule has 0 atom stereocenters. The Hall–Kier alpha value is -1.21. The Labute approximate surface area is 107 Å². The average molecular weight is 281 g/mol. The van der Waals surface area contributed by atoms with E-state index in [2.05, 4.69) is 4.74 Å². The van der Waals surface area contributed by atoms with Crippen molar-refractivity contribution in [1.29, 1.82) is 0 Å². The summed E-state index contributed by atoms with van der Waals surface area (Å²) in [7, 11) is 0. The van der Waals surface area contributed by atoms with Crippen LogP contribution in [0, 0.1) is 0 Å². The molecule has 0 aliphatic rings. The van der Waals surface area contributed by atoms with E-state index < -0.39 is 19.0 Å². The third-order valence-electron chi connectivity index (χ3n) is 2.12. The van der Waals surface area contributed by atoms with Crippen LogP contribution in [0.4, 0.5) is 17.6 Å². The molecular weight excluding hydrogens is 270 g/mol. The van der Waals surface area contributed by atoms with Crippen molar-refractivity contribution < 1.29 is 22.3 Å². The minimum Gasteiger partial charge on any atom is -0.389 e. The van der Waals surface area contributed by atoms with E-state index >= 15 is 0 Å². The van der Waals surface area contributed by atoms with Crippen LogP contribution in [0.15, 0.2) is 24.3 Å². The van der Waals surface area contributed by atoms with Crippen molar-refractivity contribution in [3.63, 3.8) is 0 Å². The van der Waals surface area contributed by atoms with Gasteiger partial charge in [0.05, 0.1) is 6.61 Å². The molecule has 0 saturated carbocycles. The number of hydrogen-bond donors (Lipinski definition) is 1. The van der Waals surface area contributed by atoms with Gasteiger partial charge in [-0.05, 0) is 5.56 Å². The summed E-state index contributed by atoms with van der Waals surface area (Å²) in [5.41, 5.74) is 6.57. The SMILES string of the molecule is NC(=S)c1ccc(COCC(F)(F)C(F)F)cc1. The topological polar surface area (TPSA) is 35.2 Å². The Morgan fingerprint density at radius 3 is 2.28 bits per heavy atom. The molecule has 0 fully saturated rings. The first-order valence-electron chi connectivity index (χ1n) is 4.95. The summed E-state index contributed by atoms with van der Waals surface area (Å²) in [5, 5.41) is 0. The monoisotopic (exact) mass is 281 g/mol. The van der Waals surface area contributed by atoms with E-state index in [1.807, 2.05) is 0 Å². The number of rotatable bonds is 6. The minimum absolute atomic E-state index is 0.181. The Balaban J connectivity index is 2.47. The molecule has 0 aliphatic carbocycles. The fourth-order valence-corrected chi connectivity index (χ4v) is 1.27. The van der Waals surface area contributed by atoms with E-state index in [9.17, 15) is 17.6 Å². The van der Waals surface area contributed by atoms with Crippen molar-refractivity contribution in [2.45, 2.75) is 19.0 Å². The van der Waals surface area contributed by atoms with Gasteiger partial charge in [-0.1, -0.05) is 36.5 Å². The summed E-state index contributed by atoms with van der Waals surface area (Å²) in [6.07, 6.45) is -3.73. The first-order chi connectivity index (χ1) is 8.33. The van der Waals surface area contributed by atoms with Crippen molar-refractivity contribution in [2.24, 2.45) is 5.73 Å². The zero-order valence-corrected chi connectivity index (χ0v) is 10.0. The fourth-order valence-electron chi connectivity index (χ4n) is 1.13. The Morgan fingerprint density at radius 2 is 1.83 bits per heavy atom. The minimum atomic E-state index is -4.13. The van der Waals surface area contributed by atoms with Gasteiger partial charge in [0, 0.05) is 5.56 Å². The molecular formula is C11H11F4NOS. The molecule has 18 heavy (non-hydrogen) atoms. The van der Waals surface area contributed by atoms with E-state index in [1.165, 1.54) is 0 Å². The van der Waals surface area contributed by atoms with E-state index in [4.69, 9.17) is 18.0 Å². The number of benzene rings is 1. The van der Waals surface area contributed by atoms with Gasteiger partial charge in [0.2, 0.25) is 0 Å². The standard InChI is InChI=1S/C11H11F4NOS/c12-10(13)11(14,15)6-17-5-7-1-3-8(4-2-7)9(16)18/h1-4,10H,5-6H2,(H2,16,18). The van der Waals surface area contributed by atoms with Crippen LogP contribution >= 0.6 is 12.2 Å². The van der Waals surface area contributed by atoms with Crippen molar-refractivity contribution >= 4 is 17.2 Å². The predicted octanol–water partition coefficient (Wildman–Crippen LogP) is 2.74. The lowest BCUT2D eigenvalue weighted by Gasteiger charge is -2.15. The number of halogens is 4. The number of nitrogens with two attached hydrogens (primary N) is 1. The quantitative estimate of drug-likeness (QED) is 0.643. The van der Waals surface area contributed by atoms with Crippen LogP contribution in [-0.2, 0) is 11.3 Å². The van der Waals surface area contributed by atoms with Crippen LogP contribution in [0.1, 0.15) is 11.1 Å². The third kappa shape index (κ3) is 4.23. The molecule has 2 nitrogen and oxygen atoms in total. The molecule has 0 radical (unpaired) electrons. The van der Waals surface area contributed by atoms with Crippen molar-refractivity contribution in [3.05, 3.63) is 35.4 Å². The van der Waals surface area contributed by atoms with Crippen LogP contribution in [0.3, 0.4) is 0 Å². The lowest BCUT2D eigenvalue weighted by molar-refractivity contribution is -0.168. The van der Waals surface area contributed by atoms with Crippen LogP contribution in [0.5, 0.6) is 0 Å². The van der Waals surface area contributed by atoms with Crippen molar-refractivity contribution in [1.82, 2.24) is 0 Å². The number of alkyl halides is 4. The van der Waals surface area contributed by atoms with Gasteiger partial charge >= 0.3 is 12.3 Å². The smallest absolute Gasteiger partial charge is 0.330 e. The molecule has 0 aromatic heterocycles. The molecule has 7 heteroatoms. The van der Waals surface area contributed by atoms with Gasteiger partial charge in [-0.2, -0.15) is 8.78 Å². The highest BCUT2D eigenvalue weighted by molar-refractivity contribution is 7.80. The maximum Gasteiger partial charge on any atom is 0.330 e. The van der Waals surface area contributed by atoms with Gasteiger partial charge < -0.3 is 10.5 Å². The Bertz CT molecular complexity index is 408. The second-order valence-corrected chi connectivity index (χ2v) is 4.06. The van der Waals surface area contributed by atoms with Gasteiger partial charge in [-0.3, -0.25) is 0 Å². The Morgan fingerprint density at radius 1 is 1.28 bits per heavy atom. The van der Waals surface area contributed by atoms with E-state index in [0.717, 1.165) is 0 Å². The first kappa shape index (κ1) is 14.8. The number of hydrogen-bond acceptors (Lipinski definition) is 2. The van der Waals surface area contributed by atoms with Gasteiger partial charge in [0.1, 0.15) is 11.6 Å². The zero-order chi connectivity index (χ0) is 13.8. The molecule has 1 aromatic rings. The lowest BCUT2D eigenvalue weighted by Crippen LogP contribution is -2.32. The third-order valence-corrected chi connectivity index (χ3v) is 2.36. The highest BCUT2D eigenvalue weighted by Gasteiger charge is 2.40. The second kappa shape index (κ2) is 6.10. The molecule has 0 unspecified atom stereocenters. The Kier molecular flexibility index (Phi) is 5.03. The highest BCUT2D eigenvalue weighted by atomic mass is 32.1. The lowest BCUT2D eigenvalue weighted by atomic mass is 10.1. The van der Waals surface area contributed by atoms with Gasteiger partial charge in [0.15, 0.2) is 0 Å². The summed E-state index contributed by atoms with van der Waals surface area (Å²) in [6, 6.07) is 6.36. The van der Waals surface area contributed by atoms with Crippen LogP contribution in [-0.4, -0.2) is 23.9 Å². The van der Waals surface area contributed by atoms with Crippen LogP contribution in [0.2, 0.25) is 0 Å². The summed E-state index contributed by atoms with van der Waals surface area (Å²) in [5.74, 6) is -4.13. The molecule has 0 spiro atoms. The molecule has 0 amide bonds. The first-order valence-corrected chi connectivity index (χ1v) is 5.36. The highest BCUT2D eigenvalue weighted by Crippen LogP contribution is 2.23. The average Bonchev–Trinajstić information content (AvgIpc) is 2.29. The fraction of sp³-hybridized carbons (Fsp3) is 0.364.